The van der Waals surface area contributed by atoms with Gasteiger partial charge in [0, 0.05) is 22.0 Å². The zero-order valence-electron chi connectivity index (χ0n) is 13.4. The zero-order chi connectivity index (χ0) is 17.8. The van der Waals surface area contributed by atoms with Crippen molar-refractivity contribution in [2.45, 2.75) is 11.8 Å². The Morgan fingerprint density at radius 2 is 2.08 bits per heavy atom. The van der Waals surface area contributed by atoms with Gasteiger partial charge in [0.25, 0.3) is 5.91 Å². The topological polar surface area (TPSA) is 101 Å². The highest BCUT2D eigenvalue weighted by Gasteiger charge is 2.11. The van der Waals surface area contributed by atoms with E-state index in [-0.39, 0.29) is 5.91 Å². The van der Waals surface area contributed by atoms with Gasteiger partial charge in [-0.25, -0.2) is 4.98 Å². The molecule has 1 aromatic carbocycles. The van der Waals surface area contributed by atoms with Gasteiger partial charge in [-0.3, -0.25) is 9.59 Å². The molecule has 3 aromatic rings. The predicted octanol–water partition coefficient (Wildman–Crippen LogP) is 3.28. The monoisotopic (exact) mass is 372 g/mol. The van der Waals surface area contributed by atoms with Crippen LogP contribution in [0.15, 0.2) is 46.8 Å². The molecule has 0 saturated carbocycles. The molecule has 3 rings (SSSR count). The SMILES string of the molecule is Cc1ccc(SCC(=O)Nc2nc(-c3c[nH]c(C(N)=O)c3)cs2)cc1. The number of nitrogens with one attached hydrogen (secondary N) is 2. The molecule has 0 fully saturated rings. The fourth-order valence-electron chi connectivity index (χ4n) is 2.09. The molecular formula is C17H16N4O2S2. The molecule has 2 heterocycles. The number of H-pyrrole nitrogens is 1. The van der Waals surface area contributed by atoms with E-state index in [0.29, 0.717) is 22.3 Å². The van der Waals surface area contributed by atoms with Crippen LogP contribution in [0.5, 0.6) is 0 Å². The number of primary amides is 1. The Hall–Kier alpha value is -2.58. The van der Waals surface area contributed by atoms with Gasteiger partial charge in [-0.15, -0.1) is 23.1 Å². The van der Waals surface area contributed by atoms with Crippen LogP contribution in [0.3, 0.4) is 0 Å². The lowest BCUT2D eigenvalue weighted by Gasteiger charge is -2.02. The number of carbonyl (C=O) groups is 2. The highest BCUT2D eigenvalue weighted by Crippen LogP contribution is 2.26. The number of anilines is 1. The average molecular weight is 372 g/mol. The van der Waals surface area contributed by atoms with E-state index >= 15 is 0 Å². The quantitative estimate of drug-likeness (QED) is 0.578. The van der Waals surface area contributed by atoms with Crippen molar-refractivity contribution < 1.29 is 9.59 Å². The van der Waals surface area contributed by atoms with E-state index in [2.05, 4.69) is 15.3 Å². The molecule has 0 unspecified atom stereocenters. The number of thioether (sulfide) groups is 1. The molecule has 25 heavy (non-hydrogen) atoms. The highest BCUT2D eigenvalue weighted by molar-refractivity contribution is 8.00. The number of aromatic amines is 1. The minimum atomic E-state index is -0.525. The summed E-state index contributed by atoms with van der Waals surface area (Å²) in [4.78, 5) is 31.4. The standard InChI is InChI=1S/C17H16N4O2S2/c1-10-2-4-12(5-3-10)24-9-15(22)21-17-20-14(8-25-17)11-6-13(16(18)23)19-7-11/h2-8,19H,9H2,1H3,(H2,18,23)(H,20,21,22). The minimum Gasteiger partial charge on any atom is -0.364 e. The number of carbonyl (C=O) groups excluding carboxylic acids is 2. The van der Waals surface area contributed by atoms with E-state index in [9.17, 15) is 9.59 Å². The molecule has 0 aliphatic heterocycles. The molecule has 0 aliphatic carbocycles. The second-order valence-corrected chi connectivity index (χ2v) is 7.26. The molecule has 2 aromatic heterocycles. The van der Waals surface area contributed by atoms with Crippen LogP contribution in [0.25, 0.3) is 11.3 Å². The summed E-state index contributed by atoms with van der Waals surface area (Å²) < 4.78 is 0. The number of rotatable bonds is 6. The Morgan fingerprint density at radius 1 is 1.32 bits per heavy atom. The van der Waals surface area contributed by atoms with Crippen molar-refractivity contribution in [2.24, 2.45) is 5.73 Å². The predicted molar refractivity (Wildman–Crippen MR) is 101 cm³/mol. The number of aromatic nitrogens is 2. The molecule has 4 N–H and O–H groups in total. The van der Waals surface area contributed by atoms with Crippen LogP contribution in [-0.2, 0) is 4.79 Å². The van der Waals surface area contributed by atoms with Crippen molar-refractivity contribution in [3.05, 3.63) is 53.2 Å². The number of nitrogens with zero attached hydrogens (tertiary/aromatic N) is 1. The summed E-state index contributed by atoms with van der Waals surface area (Å²) in [6.07, 6.45) is 1.66. The number of hydrogen-bond donors (Lipinski definition) is 3. The summed E-state index contributed by atoms with van der Waals surface area (Å²) in [7, 11) is 0. The molecule has 0 saturated heterocycles. The molecule has 0 bridgehead atoms. The maximum absolute atomic E-state index is 12.1. The maximum atomic E-state index is 12.1. The zero-order valence-corrected chi connectivity index (χ0v) is 15.0. The van der Waals surface area contributed by atoms with E-state index in [0.717, 1.165) is 10.5 Å². The first kappa shape index (κ1) is 17.2. The number of thiazole rings is 1. The van der Waals surface area contributed by atoms with Crippen LogP contribution in [0.1, 0.15) is 16.1 Å². The second kappa shape index (κ2) is 7.54. The Labute approximate surface area is 152 Å². The first-order valence-electron chi connectivity index (χ1n) is 7.45. The fraction of sp³-hybridized carbons (Fsp3) is 0.118. The van der Waals surface area contributed by atoms with Crippen LogP contribution < -0.4 is 11.1 Å². The third-order valence-corrected chi connectivity index (χ3v) is 5.16. The summed E-state index contributed by atoms with van der Waals surface area (Å²) in [5.74, 6) is -0.324. The number of aryl methyl sites for hydroxylation is 1. The Morgan fingerprint density at radius 3 is 2.76 bits per heavy atom. The van der Waals surface area contributed by atoms with Gasteiger partial charge in [0.15, 0.2) is 5.13 Å². The Balaban J connectivity index is 1.57. The molecule has 0 radical (unpaired) electrons. The summed E-state index contributed by atoms with van der Waals surface area (Å²) in [5.41, 5.74) is 8.15. The summed E-state index contributed by atoms with van der Waals surface area (Å²) in [6, 6.07) is 9.67. The molecule has 0 atom stereocenters. The van der Waals surface area contributed by atoms with Gasteiger partial charge in [0.1, 0.15) is 5.69 Å². The van der Waals surface area contributed by atoms with Gasteiger partial charge >= 0.3 is 0 Å². The molecular weight excluding hydrogens is 356 g/mol. The first-order chi connectivity index (χ1) is 12.0. The summed E-state index contributed by atoms with van der Waals surface area (Å²) in [5, 5.41) is 5.12. The third kappa shape index (κ3) is 4.49. The van der Waals surface area contributed by atoms with Gasteiger partial charge in [0.05, 0.1) is 11.4 Å². The highest BCUT2D eigenvalue weighted by atomic mass is 32.2. The van der Waals surface area contributed by atoms with E-state index in [1.54, 1.807) is 12.3 Å². The van der Waals surface area contributed by atoms with Crippen molar-refractivity contribution in [1.82, 2.24) is 9.97 Å². The van der Waals surface area contributed by atoms with Gasteiger partial charge in [0.2, 0.25) is 5.91 Å². The fourth-order valence-corrected chi connectivity index (χ4v) is 3.52. The van der Waals surface area contributed by atoms with Crippen LogP contribution in [0.2, 0.25) is 0 Å². The van der Waals surface area contributed by atoms with Crippen molar-refractivity contribution in [2.75, 3.05) is 11.1 Å². The molecule has 8 heteroatoms. The average Bonchev–Trinajstić information content (AvgIpc) is 3.23. The van der Waals surface area contributed by atoms with Crippen LogP contribution >= 0.6 is 23.1 Å². The number of benzene rings is 1. The molecule has 0 spiro atoms. The smallest absolute Gasteiger partial charge is 0.265 e. The van der Waals surface area contributed by atoms with Crippen molar-refractivity contribution >= 4 is 40.0 Å². The number of nitrogens with two attached hydrogens (primary N) is 1. The number of hydrogen-bond acceptors (Lipinski definition) is 5. The maximum Gasteiger partial charge on any atom is 0.265 e. The Bertz CT molecular complexity index is 900. The van der Waals surface area contributed by atoms with Gasteiger partial charge < -0.3 is 16.0 Å². The van der Waals surface area contributed by atoms with E-state index in [4.69, 9.17) is 5.73 Å². The second-order valence-electron chi connectivity index (χ2n) is 5.35. The lowest BCUT2D eigenvalue weighted by Crippen LogP contribution is -2.13. The lowest BCUT2D eigenvalue weighted by atomic mass is 10.2. The largest absolute Gasteiger partial charge is 0.364 e. The molecule has 0 aliphatic rings. The van der Waals surface area contributed by atoms with E-state index in [1.165, 1.54) is 28.7 Å². The lowest BCUT2D eigenvalue weighted by molar-refractivity contribution is -0.113. The third-order valence-electron chi connectivity index (χ3n) is 3.39. The van der Waals surface area contributed by atoms with E-state index < -0.39 is 5.91 Å². The summed E-state index contributed by atoms with van der Waals surface area (Å²) in [6.45, 7) is 2.03. The number of amides is 2. The van der Waals surface area contributed by atoms with Crippen molar-refractivity contribution in [3.63, 3.8) is 0 Å². The van der Waals surface area contributed by atoms with Crippen LogP contribution in [0, 0.1) is 6.92 Å². The van der Waals surface area contributed by atoms with Gasteiger partial charge in [-0.05, 0) is 25.1 Å². The van der Waals surface area contributed by atoms with Gasteiger partial charge in [-0.1, -0.05) is 17.7 Å². The normalized spacial score (nSPS) is 10.6. The Kier molecular flexibility index (Phi) is 5.20. The molecule has 2 amide bonds. The minimum absolute atomic E-state index is 0.113. The van der Waals surface area contributed by atoms with Crippen LogP contribution in [0.4, 0.5) is 5.13 Å². The van der Waals surface area contributed by atoms with E-state index in [1.807, 2.05) is 36.6 Å². The summed E-state index contributed by atoms with van der Waals surface area (Å²) >= 11 is 2.81. The van der Waals surface area contributed by atoms with Gasteiger partial charge in [-0.2, -0.15) is 0 Å². The van der Waals surface area contributed by atoms with Crippen molar-refractivity contribution in [3.8, 4) is 11.3 Å². The van der Waals surface area contributed by atoms with Crippen molar-refractivity contribution in [1.29, 1.82) is 0 Å². The molecule has 6 nitrogen and oxygen atoms in total. The van der Waals surface area contributed by atoms with Crippen LogP contribution in [-0.4, -0.2) is 27.5 Å². The molecule has 128 valence electrons. The first-order valence-corrected chi connectivity index (χ1v) is 9.31.